The normalized spacial score (nSPS) is 24.7. The predicted octanol–water partition coefficient (Wildman–Crippen LogP) is 3.47. The Hall–Kier alpha value is -2.10. The van der Waals surface area contributed by atoms with Crippen LogP contribution in [-0.2, 0) is 4.79 Å². The van der Waals surface area contributed by atoms with Crippen LogP contribution in [0.1, 0.15) is 32.3 Å². The summed E-state index contributed by atoms with van der Waals surface area (Å²) in [4.78, 5) is 11.8. The maximum Gasteiger partial charge on any atom is 0.277 e. The first kappa shape index (κ1) is 15.8. The van der Waals surface area contributed by atoms with E-state index in [1.54, 1.807) is 6.21 Å². The third kappa shape index (κ3) is 3.31. The second-order valence-electron chi connectivity index (χ2n) is 7.14. The minimum Gasteiger partial charge on any atom is -0.484 e. The van der Waals surface area contributed by atoms with Crippen LogP contribution in [0.25, 0.3) is 0 Å². The lowest BCUT2D eigenvalue weighted by Crippen LogP contribution is -2.48. The van der Waals surface area contributed by atoms with Crippen molar-refractivity contribution in [1.29, 1.82) is 0 Å². The van der Waals surface area contributed by atoms with Crippen molar-refractivity contribution in [2.75, 3.05) is 6.61 Å². The molecule has 3 aliphatic rings. The van der Waals surface area contributed by atoms with Crippen molar-refractivity contribution < 1.29 is 9.53 Å². The number of aryl methyl sites for hydroxylation is 1. The Labute approximate surface area is 137 Å². The predicted molar refractivity (Wildman–Crippen MR) is 91.4 cm³/mol. The summed E-state index contributed by atoms with van der Waals surface area (Å²) in [6, 6.07) is 7.63. The number of nitrogens with zero attached hydrogens (tertiary/aromatic N) is 1. The van der Waals surface area contributed by atoms with E-state index in [9.17, 15) is 4.79 Å². The van der Waals surface area contributed by atoms with E-state index in [1.807, 2.05) is 31.2 Å². The highest BCUT2D eigenvalue weighted by Gasteiger charge is 2.50. The minimum atomic E-state index is -0.245. The summed E-state index contributed by atoms with van der Waals surface area (Å²) in [5.41, 5.74) is 5.27. The molecule has 1 fully saturated rings. The number of carbonyl (C=O) groups excluding carboxylic acids is 1. The van der Waals surface area contributed by atoms with E-state index in [0.717, 1.165) is 17.9 Å². The smallest absolute Gasteiger partial charge is 0.277 e. The molecule has 4 heteroatoms. The molecule has 0 aromatic heterocycles. The molecule has 1 N–H and O–H groups in total. The van der Waals surface area contributed by atoms with Crippen LogP contribution >= 0.6 is 0 Å². The second-order valence-corrected chi connectivity index (χ2v) is 7.14. The molecule has 1 aromatic carbocycles. The van der Waals surface area contributed by atoms with Gasteiger partial charge in [-0.25, -0.2) is 5.43 Å². The van der Waals surface area contributed by atoms with Crippen molar-refractivity contribution in [1.82, 2.24) is 5.43 Å². The molecule has 1 aromatic rings. The number of nitrogens with one attached hydrogen (secondary N) is 1. The third-order valence-corrected chi connectivity index (χ3v) is 5.27. The van der Waals surface area contributed by atoms with Crippen LogP contribution in [0.15, 0.2) is 41.0 Å². The summed E-state index contributed by atoms with van der Waals surface area (Å²) < 4.78 is 5.45. The summed E-state index contributed by atoms with van der Waals surface area (Å²) in [5.74, 6) is 1.83. The highest BCUT2D eigenvalue weighted by molar-refractivity contribution is 5.83. The lowest BCUT2D eigenvalue weighted by Gasteiger charge is -2.55. The molecule has 23 heavy (non-hydrogen) atoms. The maximum atomic E-state index is 11.8. The van der Waals surface area contributed by atoms with Crippen LogP contribution in [0.5, 0.6) is 5.75 Å². The van der Waals surface area contributed by atoms with E-state index in [1.165, 1.54) is 12.0 Å². The van der Waals surface area contributed by atoms with Gasteiger partial charge in [-0.2, -0.15) is 5.10 Å². The average Bonchev–Trinajstić information content (AvgIpc) is 2.53. The van der Waals surface area contributed by atoms with Gasteiger partial charge in [0.1, 0.15) is 5.75 Å². The van der Waals surface area contributed by atoms with Gasteiger partial charge in [-0.15, -0.1) is 0 Å². The van der Waals surface area contributed by atoms with Crippen LogP contribution in [-0.4, -0.2) is 18.7 Å². The largest absolute Gasteiger partial charge is 0.484 e. The summed E-state index contributed by atoms with van der Waals surface area (Å²) in [5, 5.41) is 4.09. The van der Waals surface area contributed by atoms with Crippen LogP contribution in [0, 0.1) is 24.2 Å². The highest BCUT2D eigenvalue weighted by Crippen LogP contribution is 2.58. The number of fused-ring (bicyclic) bond motifs is 1. The van der Waals surface area contributed by atoms with Gasteiger partial charge in [-0.3, -0.25) is 4.79 Å². The van der Waals surface area contributed by atoms with Gasteiger partial charge in [0.05, 0.1) is 6.21 Å². The lowest BCUT2D eigenvalue weighted by molar-refractivity contribution is -0.123. The maximum absolute atomic E-state index is 11.8. The van der Waals surface area contributed by atoms with Crippen molar-refractivity contribution in [2.45, 2.75) is 33.6 Å². The minimum absolute atomic E-state index is 0.0309. The molecule has 2 unspecified atom stereocenters. The monoisotopic (exact) mass is 312 g/mol. The summed E-state index contributed by atoms with van der Waals surface area (Å²) in [6.07, 6.45) is 6.42. The first-order chi connectivity index (χ1) is 11.0. The van der Waals surface area contributed by atoms with E-state index in [0.29, 0.717) is 17.1 Å². The number of amides is 1. The second kappa shape index (κ2) is 6.19. The van der Waals surface area contributed by atoms with E-state index in [-0.39, 0.29) is 12.5 Å². The zero-order valence-electron chi connectivity index (χ0n) is 14.0. The molecular weight excluding hydrogens is 288 g/mol. The van der Waals surface area contributed by atoms with Gasteiger partial charge in [0.15, 0.2) is 6.61 Å². The average molecular weight is 312 g/mol. The Kier molecular flexibility index (Phi) is 4.24. The lowest BCUT2D eigenvalue weighted by atomic mass is 9.49. The Morgan fingerprint density at radius 2 is 2.30 bits per heavy atom. The molecule has 122 valence electrons. The zero-order chi connectivity index (χ0) is 16.4. The quantitative estimate of drug-likeness (QED) is 0.668. The van der Waals surface area contributed by atoms with Gasteiger partial charge in [0, 0.05) is 0 Å². The zero-order valence-corrected chi connectivity index (χ0v) is 14.0. The van der Waals surface area contributed by atoms with E-state index in [4.69, 9.17) is 4.74 Å². The molecule has 4 nitrogen and oxygen atoms in total. The molecule has 0 heterocycles. The van der Waals surface area contributed by atoms with Gasteiger partial charge >= 0.3 is 0 Å². The molecule has 0 radical (unpaired) electrons. The Balaban J connectivity index is 1.47. The summed E-state index contributed by atoms with van der Waals surface area (Å²) >= 11 is 0. The molecule has 1 saturated carbocycles. The molecule has 2 bridgehead atoms. The molecule has 2 atom stereocenters. The van der Waals surface area contributed by atoms with Gasteiger partial charge < -0.3 is 4.74 Å². The molecule has 0 saturated heterocycles. The highest BCUT2D eigenvalue weighted by atomic mass is 16.5. The van der Waals surface area contributed by atoms with Gasteiger partial charge in [0.25, 0.3) is 5.91 Å². The number of hydrogen-bond donors (Lipinski definition) is 1. The number of carbonyl (C=O) groups is 1. The first-order valence-corrected chi connectivity index (χ1v) is 8.18. The van der Waals surface area contributed by atoms with Crippen LogP contribution in [0.2, 0.25) is 0 Å². The van der Waals surface area contributed by atoms with E-state index >= 15 is 0 Å². The molecule has 1 amide bonds. The van der Waals surface area contributed by atoms with Gasteiger partial charge in [0.2, 0.25) is 0 Å². The fraction of sp³-hybridized carbons (Fsp3) is 0.474. The Morgan fingerprint density at radius 1 is 1.48 bits per heavy atom. The fourth-order valence-electron chi connectivity index (χ4n) is 3.61. The summed E-state index contributed by atoms with van der Waals surface area (Å²) in [6.45, 7) is 6.60. The van der Waals surface area contributed by atoms with Crippen molar-refractivity contribution >= 4 is 12.1 Å². The number of hydrogen-bond acceptors (Lipinski definition) is 3. The van der Waals surface area contributed by atoms with E-state index < -0.39 is 0 Å². The topological polar surface area (TPSA) is 50.7 Å². The molecule has 4 rings (SSSR count). The Bertz CT molecular complexity index is 661. The number of benzene rings is 1. The summed E-state index contributed by atoms with van der Waals surface area (Å²) in [7, 11) is 0. The van der Waals surface area contributed by atoms with Crippen LogP contribution in [0.4, 0.5) is 0 Å². The van der Waals surface area contributed by atoms with E-state index in [2.05, 4.69) is 30.5 Å². The van der Waals surface area contributed by atoms with Crippen molar-refractivity contribution in [2.24, 2.45) is 22.4 Å². The van der Waals surface area contributed by atoms with Crippen molar-refractivity contribution in [3.05, 3.63) is 41.5 Å². The molecule has 0 aliphatic heterocycles. The molecular formula is C19H24N2O2. The third-order valence-electron chi connectivity index (χ3n) is 5.27. The number of allylic oxidation sites excluding steroid dienone is 2. The molecule has 0 spiro atoms. The van der Waals surface area contributed by atoms with Crippen LogP contribution in [0.3, 0.4) is 0 Å². The first-order valence-electron chi connectivity index (χ1n) is 8.18. The van der Waals surface area contributed by atoms with Gasteiger partial charge in [-0.1, -0.05) is 32.1 Å². The van der Waals surface area contributed by atoms with Crippen LogP contribution < -0.4 is 10.2 Å². The van der Waals surface area contributed by atoms with Crippen molar-refractivity contribution in [3.8, 4) is 5.75 Å². The number of ether oxygens (including phenoxy) is 1. The number of hydrazone groups is 1. The fourth-order valence-corrected chi connectivity index (χ4v) is 3.61. The molecule has 3 aliphatic carbocycles. The Morgan fingerprint density at radius 3 is 3.00 bits per heavy atom. The SMILES string of the molecule is Cc1cccc(OCC(=O)N/N=C/C2=CCC3CC2C3(C)C)c1. The standard InChI is InChI=1S/C19H24N2O2/c1-13-5-4-6-16(9-13)23-12-18(22)21-20-11-14-7-8-15-10-17(14)19(15,2)3/h4-7,9,11,15,17H,8,10,12H2,1-3H3,(H,21,22)/b20-11+. The van der Waals surface area contributed by atoms with Crippen molar-refractivity contribution in [3.63, 3.8) is 0 Å². The number of rotatable bonds is 5. The van der Waals surface area contributed by atoms with Gasteiger partial charge in [-0.05, 0) is 60.3 Å².